The van der Waals surface area contributed by atoms with Crippen LogP contribution in [0.4, 0.5) is 0 Å². The van der Waals surface area contributed by atoms with Crippen LogP contribution in [0.1, 0.15) is 41.2 Å². The Morgan fingerprint density at radius 2 is 2.12 bits per heavy atom. The Hall–Kier alpha value is -2.67. The lowest BCUT2D eigenvalue weighted by molar-refractivity contribution is -0.127. The predicted octanol–water partition coefficient (Wildman–Crippen LogP) is 2.00. The molecule has 0 spiro atoms. The number of amides is 1. The van der Waals surface area contributed by atoms with Crippen molar-refractivity contribution in [1.82, 2.24) is 14.9 Å². The van der Waals surface area contributed by atoms with Crippen molar-refractivity contribution in [3.63, 3.8) is 0 Å². The number of carbonyl (C=O) groups excluding carboxylic acids is 1. The largest absolute Gasteiger partial charge is 0.478 e. The summed E-state index contributed by atoms with van der Waals surface area (Å²) in [6.07, 6.45) is 3.94. The van der Waals surface area contributed by atoms with Crippen molar-refractivity contribution in [3.8, 4) is 0 Å². The van der Waals surface area contributed by atoms with Crippen LogP contribution in [-0.2, 0) is 22.6 Å². The van der Waals surface area contributed by atoms with E-state index in [0.717, 1.165) is 17.9 Å². The lowest BCUT2D eigenvalue weighted by Crippen LogP contribution is -2.32. The van der Waals surface area contributed by atoms with Gasteiger partial charge in [-0.05, 0) is 31.0 Å². The molecule has 0 saturated carbocycles. The van der Waals surface area contributed by atoms with E-state index >= 15 is 0 Å². The molecule has 2 aromatic rings. The molecule has 25 heavy (non-hydrogen) atoms. The molecule has 7 nitrogen and oxygen atoms in total. The third kappa shape index (κ3) is 3.71. The molecule has 2 atom stereocenters. The Kier molecular flexibility index (Phi) is 5.14. The third-order valence-electron chi connectivity index (χ3n) is 4.44. The first kappa shape index (κ1) is 17.2. The molecule has 1 aromatic heterocycles. The normalized spacial score (nSPS) is 19.7. The number of aryl methyl sites for hydroxylation is 1. The second-order valence-electron chi connectivity index (χ2n) is 5.98. The number of rotatable bonds is 6. The number of imidazole rings is 1. The predicted molar refractivity (Wildman–Crippen MR) is 89.9 cm³/mol. The first-order valence-corrected chi connectivity index (χ1v) is 8.32. The first-order valence-electron chi connectivity index (χ1n) is 8.32. The highest BCUT2D eigenvalue weighted by Gasteiger charge is 2.37. The number of aromatic nitrogens is 2. The summed E-state index contributed by atoms with van der Waals surface area (Å²) in [5.41, 5.74) is 1.08. The standard InChI is InChI=1S/C18H21N3O4/c1-2-21-9-8-19-16(21)15-14(7-10-25-15)17(22)20-11-12-3-5-13(6-4-12)18(23)24/h3-6,8-9,14-15H,2,7,10-11H2,1H3,(H,20,22)(H,23,24)/t14-,15-/m1/s1. The second kappa shape index (κ2) is 7.48. The van der Waals surface area contributed by atoms with Crippen molar-refractivity contribution in [2.24, 2.45) is 5.92 Å². The molecule has 1 aliphatic rings. The quantitative estimate of drug-likeness (QED) is 0.837. The van der Waals surface area contributed by atoms with Crippen LogP contribution >= 0.6 is 0 Å². The molecule has 0 aliphatic carbocycles. The highest BCUT2D eigenvalue weighted by atomic mass is 16.5. The molecule has 2 N–H and O–H groups in total. The zero-order chi connectivity index (χ0) is 17.8. The molecular weight excluding hydrogens is 322 g/mol. The Labute approximate surface area is 145 Å². The number of benzene rings is 1. The molecule has 3 rings (SSSR count). The molecule has 0 radical (unpaired) electrons. The van der Waals surface area contributed by atoms with E-state index in [0.29, 0.717) is 19.6 Å². The van der Waals surface area contributed by atoms with Gasteiger partial charge in [0, 0.05) is 32.1 Å². The number of carbonyl (C=O) groups is 2. The number of hydrogen-bond acceptors (Lipinski definition) is 4. The van der Waals surface area contributed by atoms with Gasteiger partial charge in [0.1, 0.15) is 11.9 Å². The van der Waals surface area contributed by atoms with Crippen molar-refractivity contribution >= 4 is 11.9 Å². The van der Waals surface area contributed by atoms with Gasteiger partial charge >= 0.3 is 5.97 Å². The van der Waals surface area contributed by atoms with Crippen molar-refractivity contribution in [1.29, 1.82) is 0 Å². The van der Waals surface area contributed by atoms with Crippen molar-refractivity contribution in [2.45, 2.75) is 32.5 Å². The number of ether oxygens (including phenoxy) is 1. The van der Waals surface area contributed by atoms with E-state index in [4.69, 9.17) is 9.84 Å². The van der Waals surface area contributed by atoms with Gasteiger partial charge in [-0.3, -0.25) is 4.79 Å². The lowest BCUT2D eigenvalue weighted by atomic mass is 9.99. The average Bonchev–Trinajstić information content (AvgIpc) is 3.28. The Morgan fingerprint density at radius 3 is 2.80 bits per heavy atom. The van der Waals surface area contributed by atoms with Crippen LogP contribution in [0, 0.1) is 5.92 Å². The van der Waals surface area contributed by atoms with Gasteiger partial charge < -0.3 is 19.7 Å². The fourth-order valence-corrected chi connectivity index (χ4v) is 3.04. The minimum Gasteiger partial charge on any atom is -0.478 e. The number of carboxylic acid groups (broad SMARTS) is 1. The van der Waals surface area contributed by atoms with E-state index < -0.39 is 5.97 Å². The minimum absolute atomic E-state index is 0.0736. The monoisotopic (exact) mass is 343 g/mol. The van der Waals surface area contributed by atoms with E-state index in [9.17, 15) is 9.59 Å². The number of aromatic carboxylic acids is 1. The van der Waals surface area contributed by atoms with Crippen LogP contribution in [0.15, 0.2) is 36.7 Å². The number of carboxylic acids is 1. The summed E-state index contributed by atoms with van der Waals surface area (Å²) in [7, 11) is 0. The molecule has 7 heteroatoms. The van der Waals surface area contributed by atoms with Gasteiger partial charge in [-0.15, -0.1) is 0 Å². The fourth-order valence-electron chi connectivity index (χ4n) is 3.04. The SMILES string of the molecule is CCn1ccnc1[C@@H]1OCC[C@H]1C(=O)NCc1ccc(C(=O)O)cc1. The average molecular weight is 343 g/mol. The minimum atomic E-state index is -0.965. The molecule has 1 amide bonds. The molecule has 0 bridgehead atoms. The van der Waals surface area contributed by atoms with Crippen molar-refractivity contribution < 1.29 is 19.4 Å². The van der Waals surface area contributed by atoms with Gasteiger partial charge in [0.2, 0.25) is 5.91 Å². The number of nitrogens with zero attached hydrogens (tertiary/aromatic N) is 2. The van der Waals surface area contributed by atoms with Crippen molar-refractivity contribution in [2.75, 3.05) is 6.61 Å². The Bertz CT molecular complexity index is 754. The van der Waals surface area contributed by atoms with Crippen LogP contribution in [0.5, 0.6) is 0 Å². The van der Waals surface area contributed by atoms with E-state index in [2.05, 4.69) is 10.3 Å². The molecule has 2 heterocycles. The number of hydrogen-bond donors (Lipinski definition) is 2. The van der Waals surface area contributed by atoms with Crippen LogP contribution in [0.25, 0.3) is 0 Å². The van der Waals surface area contributed by atoms with Gasteiger partial charge in [-0.1, -0.05) is 12.1 Å². The molecule has 0 unspecified atom stereocenters. The van der Waals surface area contributed by atoms with Crippen LogP contribution in [0.2, 0.25) is 0 Å². The molecule has 1 aliphatic heterocycles. The summed E-state index contributed by atoms with van der Waals surface area (Å²) in [6, 6.07) is 6.47. The summed E-state index contributed by atoms with van der Waals surface area (Å²) in [4.78, 5) is 27.8. The van der Waals surface area contributed by atoms with E-state index in [-0.39, 0.29) is 23.5 Å². The van der Waals surface area contributed by atoms with Gasteiger partial charge in [-0.25, -0.2) is 9.78 Å². The molecule has 1 aromatic carbocycles. The molecule has 1 fully saturated rings. The van der Waals surface area contributed by atoms with Crippen LogP contribution in [0.3, 0.4) is 0 Å². The maximum absolute atomic E-state index is 12.6. The molecular formula is C18H21N3O4. The summed E-state index contributed by atoms with van der Waals surface area (Å²) < 4.78 is 7.75. The maximum atomic E-state index is 12.6. The van der Waals surface area contributed by atoms with Crippen molar-refractivity contribution in [3.05, 3.63) is 53.6 Å². The first-order chi connectivity index (χ1) is 12.1. The molecule has 1 saturated heterocycles. The summed E-state index contributed by atoms with van der Waals surface area (Å²) in [6.45, 7) is 3.69. The highest BCUT2D eigenvalue weighted by molar-refractivity contribution is 5.87. The van der Waals surface area contributed by atoms with Crippen LogP contribution < -0.4 is 5.32 Å². The van der Waals surface area contributed by atoms with E-state index in [1.807, 2.05) is 17.7 Å². The van der Waals surface area contributed by atoms with Gasteiger partial charge in [0.15, 0.2) is 0 Å². The lowest BCUT2D eigenvalue weighted by Gasteiger charge is -2.18. The van der Waals surface area contributed by atoms with E-state index in [1.165, 1.54) is 12.1 Å². The van der Waals surface area contributed by atoms with Gasteiger partial charge in [0.25, 0.3) is 0 Å². The zero-order valence-corrected chi connectivity index (χ0v) is 14.0. The summed E-state index contributed by atoms with van der Waals surface area (Å²) in [5, 5.41) is 11.8. The summed E-state index contributed by atoms with van der Waals surface area (Å²) in [5.74, 6) is -0.527. The Morgan fingerprint density at radius 1 is 1.36 bits per heavy atom. The highest BCUT2D eigenvalue weighted by Crippen LogP contribution is 2.33. The smallest absolute Gasteiger partial charge is 0.335 e. The fraction of sp³-hybridized carbons (Fsp3) is 0.389. The molecule has 132 valence electrons. The van der Waals surface area contributed by atoms with Gasteiger partial charge in [-0.2, -0.15) is 0 Å². The Balaban J connectivity index is 1.63. The summed E-state index contributed by atoms with van der Waals surface area (Å²) >= 11 is 0. The maximum Gasteiger partial charge on any atom is 0.335 e. The van der Waals surface area contributed by atoms with Gasteiger partial charge in [0.05, 0.1) is 11.5 Å². The third-order valence-corrected chi connectivity index (χ3v) is 4.44. The number of nitrogens with one attached hydrogen (secondary N) is 1. The second-order valence-corrected chi connectivity index (χ2v) is 5.98. The zero-order valence-electron chi connectivity index (χ0n) is 14.0. The van der Waals surface area contributed by atoms with Crippen LogP contribution in [-0.4, -0.2) is 33.1 Å². The van der Waals surface area contributed by atoms with E-state index in [1.54, 1.807) is 18.3 Å². The topological polar surface area (TPSA) is 93.5 Å².